The van der Waals surface area contributed by atoms with Crippen molar-refractivity contribution in [1.29, 1.82) is 0 Å². The SMILES string of the molecule is O=C(c1ccc(OC2CCN(Cc3ccccn3)CC2)cc1)N1CCCCCCC1. The molecular formula is C25H33N3O2. The Balaban J connectivity index is 1.25. The molecule has 1 aromatic carbocycles. The Morgan fingerprint density at radius 1 is 0.900 bits per heavy atom. The van der Waals surface area contributed by atoms with Crippen LogP contribution in [0.2, 0.25) is 0 Å². The average Bonchev–Trinajstić information content (AvgIpc) is 2.76. The van der Waals surface area contributed by atoms with E-state index in [0.29, 0.717) is 0 Å². The fourth-order valence-corrected chi connectivity index (χ4v) is 4.41. The summed E-state index contributed by atoms with van der Waals surface area (Å²) in [6.07, 6.45) is 10.1. The van der Waals surface area contributed by atoms with Crippen LogP contribution in [0.15, 0.2) is 48.7 Å². The van der Waals surface area contributed by atoms with Gasteiger partial charge in [-0.1, -0.05) is 25.3 Å². The lowest BCUT2D eigenvalue weighted by atomic mass is 10.1. The van der Waals surface area contributed by atoms with Crippen LogP contribution in [-0.2, 0) is 6.54 Å². The number of benzene rings is 1. The van der Waals surface area contributed by atoms with Crippen molar-refractivity contribution in [2.45, 2.75) is 57.6 Å². The van der Waals surface area contributed by atoms with Gasteiger partial charge in [0.25, 0.3) is 5.91 Å². The molecule has 160 valence electrons. The van der Waals surface area contributed by atoms with Gasteiger partial charge in [-0.05, 0) is 62.1 Å². The van der Waals surface area contributed by atoms with Crippen molar-refractivity contribution < 1.29 is 9.53 Å². The van der Waals surface area contributed by atoms with E-state index in [9.17, 15) is 4.79 Å². The van der Waals surface area contributed by atoms with E-state index in [1.807, 2.05) is 47.5 Å². The summed E-state index contributed by atoms with van der Waals surface area (Å²) in [4.78, 5) is 21.7. The lowest BCUT2D eigenvalue weighted by Gasteiger charge is -2.32. The highest BCUT2D eigenvalue weighted by molar-refractivity contribution is 5.94. The van der Waals surface area contributed by atoms with Crippen molar-refractivity contribution in [3.63, 3.8) is 0 Å². The van der Waals surface area contributed by atoms with E-state index < -0.39 is 0 Å². The second-order valence-corrected chi connectivity index (χ2v) is 8.50. The molecule has 0 unspecified atom stereocenters. The van der Waals surface area contributed by atoms with Gasteiger partial charge in [0.15, 0.2) is 0 Å². The number of rotatable bonds is 5. The first kappa shape index (κ1) is 20.9. The summed E-state index contributed by atoms with van der Waals surface area (Å²) in [5, 5.41) is 0. The first-order valence-corrected chi connectivity index (χ1v) is 11.5. The predicted molar refractivity (Wildman–Crippen MR) is 119 cm³/mol. The topological polar surface area (TPSA) is 45.7 Å². The molecule has 0 saturated carbocycles. The molecule has 2 saturated heterocycles. The monoisotopic (exact) mass is 407 g/mol. The summed E-state index contributed by atoms with van der Waals surface area (Å²) >= 11 is 0. The molecule has 0 bridgehead atoms. The normalized spacial score (nSPS) is 19.1. The molecule has 30 heavy (non-hydrogen) atoms. The summed E-state index contributed by atoms with van der Waals surface area (Å²) in [7, 11) is 0. The number of carbonyl (C=O) groups excluding carboxylic acids is 1. The van der Waals surface area contributed by atoms with Gasteiger partial charge in [0, 0.05) is 44.5 Å². The van der Waals surface area contributed by atoms with E-state index >= 15 is 0 Å². The number of piperidine rings is 1. The first-order valence-electron chi connectivity index (χ1n) is 11.5. The maximum atomic E-state index is 12.8. The lowest BCUT2D eigenvalue weighted by Crippen LogP contribution is -2.38. The number of likely N-dealkylation sites (tertiary alicyclic amines) is 2. The Kier molecular flexibility index (Phi) is 7.35. The van der Waals surface area contributed by atoms with Gasteiger partial charge >= 0.3 is 0 Å². The zero-order valence-electron chi connectivity index (χ0n) is 17.8. The van der Waals surface area contributed by atoms with E-state index in [-0.39, 0.29) is 12.0 Å². The number of hydrogen-bond acceptors (Lipinski definition) is 4. The van der Waals surface area contributed by atoms with Crippen LogP contribution in [0, 0.1) is 0 Å². The molecule has 2 aliphatic heterocycles. The van der Waals surface area contributed by atoms with Gasteiger partial charge in [-0.25, -0.2) is 0 Å². The number of hydrogen-bond donors (Lipinski definition) is 0. The number of ether oxygens (including phenoxy) is 1. The van der Waals surface area contributed by atoms with Crippen molar-refractivity contribution in [2.75, 3.05) is 26.2 Å². The molecule has 1 aromatic heterocycles. The predicted octanol–water partition coefficient (Wildman–Crippen LogP) is 4.53. The van der Waals surface area contributed by atoms with Crippen molar-refractivity contribution in [2.24, 2.45) is 0 Å². The zero-order valence-corrected chi connectivity index (χ0v) is 17.8. The highest BCUT2D eigenvalue weighted by Crippen LogP contribution is 2.21. The van der Waals surface area contributed by atoms with Crippen molar-refractivity contribution in [3.8, 4) is 5.75 Å². The van der Waals surface area contributed by atoms with Crippen LogP contribution >= 0.6 is 0 Å². The number of carbonyl (C=O) groups is 1. The van der Waals surface area contributed by atoms with Crippen LogP contribution in [0.1, 0.15) is 61.0 Å². The van der Waals surface area contributed by atoms with Crippen molar-refractivity contribution >= 4 is 5.91 Å². The van der Waals surface area contributed by atoms with E-state index in [4.69, 9.17) is 4.74 Å². The molecule has 5 nitrogen and oxygen atoms in total. The highest BCUT2D eigenvalue weighted by atomic mass is 16.5. The average molecular weight is 408 g/mol. The molecule has 2 aromatic rings. The maximum absolute atomic E-state index is 12.8. The van der Waals surface area contributed by atoms with Crippen LogP contribution in [0.25, 0.3) is 0 Å². The zero-order chi connectivity index (χ0) is 20.6. The number of pyridine rings is 1. The van der Waals surface area contributed by atoms with Crippen molar-refractivity contribution in [3.05, 3.63) is 59.9 Å². The highest BCUT2D eigenvalue weighted by Gasteiger charge is 2.21. The maximum Gasteiger partial charge on any atom is 0.253 e. The smallest absolute Gasteiger partial charge is 0.253 e. The van der Waals surface area contributed by atoms with Gasteiger partial charge in [-0.2, -0.15) is 0 Å². The second-order valence-electron chi connectivity index (χ2n) is 8.50. The van der Waals surface area contributed by atoms with Crippen LogP contribution in [-0.4, -0.2) is 53.0 Å². The summed E-state index contributed by atoms with van der Waals surface area (Å²) in [5.41, 5.74) is 1.89. The molecule has 0 spiro atoms. The Morgan fingerprint density at radius 3 is 2.27 bits per heavy atom. The number of amides is 1. The van der Waals surface area contributed by atoms with Crippen LogP contribution in [0.5, 0.6) is 5.75 Å². The molecule has 5 heteroatoms. The molecule has 2 aliphatic rings. The third-order valence-electron chi connectivity index (χ3n) is 6.19. The van der Waals surface area contributed by atoms with Crippen molar-refractivity contribution in [1.82, 2.24) is 14.8 Å². The van der Waals surface area contributed by atoms with Gasteiger partial charge in [0.1, 0.15) is 11.9 Å². The fraction of sp³-hybridized carbons (Fsp3) is 0.520. The van der Waals surface area contributed by atoms with E-state index in [1.54, 1.807) is 0 Å². The Hall–Kier alpha value is -2.40. The molecule has 4 rings (SSSR count). The lowest BCUT2D eigenvalue weighted by molar-refractivity contribution is 0.0742. The molecule has 3 heterocycles. The van der Waals surface area contributed by atoms with Gasteiger partial charge in [-0.15, -0.1) is 0 Å². The molecule has 0 N–H and O–H groups in total. The van der Waals surface area contributed by atoms with Crippen LogP contribution in [0.4, 0.5) is 0 Å². The molecule has 2 fully saturated rings. The molecule has 1 amide bonds. The first-order chi connectivity index (χ1) is 14.8. The molecule has 0 aliphatic carbocycles. The van der Waals surface area contributed by atoms with Crippen LogP contribution in [0.3, 0.4) is 0 Å². The standard InChI is InChI=1S/C25H33N3O2/c29-25(28-16-6-2-1-3-7-17-28)21-9-11-23(12-10-21)30-24-13-18-27(19-14-24)20-22-8-4-5-15-26-22/h4-5,8-12,15,24H,1-3,6-7,13-14,16-20H2. The quantitative estimate of drug-likeness (QED) is 0.730. The van der Waals surface area contributed by atoms with Gasteiger partial charge in [-0.3, -0.25) is 14.7 Å². The summed E-state index contributed by atoms with van der Waals surface area (Å²) in [5.74, 6) is 1.02. The van der Waals surface area contributed by atoms with Gasteiger partial charge < -0.3 is 9.64 Å². The minimum Gasteiger partial charge on any atom is -0.490 e. The Labute approximate surface area is 180 Å². The number of aromatic nitrogens is 1. The minimum atomic E-state index is 0.159. The largest absolute Gasteiger partial charge is 0.490 e. The number of nitrogens with zero attached hydrogens (tertiary/aromatic N) is 3. The summed E-state index contributed by atoms with van der Waals surface area (Å²) in [6.45, 7) is 4.71. The van der Waals surface area contributed by atoms with Crippen LogP contribution < -0.4 is 4.74 Å². The minimum absolute atomic E-state index is 0.159. The fourth-order valence-electron chi connectivity index (χ4n) is 4.41. The Morgan fingerprint density at radius 2 is 1.60 bits per heavy atom. The molecule has 0 atom stereocenters. The Bertz CT molecular complexity index is 778. The third kappa shape index (κ3) is 5.82. The second kappa shape index (κ2) is 10.6. The van der Waals surface area contributed by atoms with E-state index in [0.717, 1.165) is 75.4 Å². The van der Waals surface area contributed by atoms with E-state index in [2.05, 4.69) is 16.0 Å². The summed E-state index contributed by atoms with van der Waals surface area (Å²) < 4.78 is 6.20. The summed E-state index contributed by atoms with van der Waals surface area (Å²) in [6, 6.07) is 13.8. The van der Waals surface area contributed by atoms with Gasteiger partial charge in [0.05, 0.1) is 5.69 Å². The van der Waals surface area contributed by atoms with E-state index in [1.165, 1.54) is 19.3 Å². The molecular weight excluding hydrogens is 374 g/mol. The van der Waals surface area contributed by atoms with Gasteiger partial charge in [0.2, 0.25) is 0 Å². The molecule has 0 radical (unpaired) electrons. The third-order valence-corrected chi connectivity index (χ3v) is 6.19.